The van der Waals surface area contributed by atoms with Crippen LogP contribution in [0.2, 0.25) is 0 Å². The van der Waals surface area contributed by atoms with Gasteiger partial charge in [-0.05, 0) is 29.3 Å². The summed E-state index contributed by atoms with van der Waals surface area (Å²) in [5.74, 6) is -3.74. The maximum absolute atomic E-state index is 15.9. The average Bonchev–Trinajstić information content (AvgIpc) is 3.77. The molecule has 7 aromatic rings. The molecular weight excluding hydrogens is 913 g/mol. The van der Waals surface area contributed by atoms with Gasteiger partial charge in [-0.3, -0.25) is 24.0 Å². The summed E-state index contributed by atoms with van der Waals surface area (Å²) < 4.78 is 62.7. The maximum atomic E-state index is 15.9. The van der Waals surface area contributed by atoms with Gasteiger partial charge in [-0.1, -0.05) is 121 Å². The predicted molar refractivity (Wildman–Crippen MR) is 255 cm³/mol. The molecule has 0 aliphatic carbocycles. The fourth-order valence-electron chi connectivity index (χ4n) is 8.74. The number of fused-ring (bicyclic) bond motifs is 2. The van der Waals surface area contributed by atoms with Crippen LogP contribution < -0.4 is 24.4 Å². The molecule has 15 nitrogen and oxygen atoms in total. The van der Waals surface area contributed by atoms with E-state index in [0.29, 0.717) is 22.6 Å². The third kappa shape index (κ3) is 10.3. The largest absolute Gasteiger partial charge is 0.489 e. The highest BCUT2D eigenvalue weighted by atomic mass is 16.7. The number of benzene rings is 6. The summed E-state index contributed by atoms with van der Waals surface area (Å²) in [6.07, 6.45) is -7.85. The lowest BCUT2D eigenvalue weighted by Gasteiger charge is -2.44. The fourth-order valence-corrected chi connectivity index (χ4v) is 8.74. The first-order valence-corrected chi connectivity index (χ1v) is 22.8. The Labute approximate surface area is 407 Å². The number of esters is 4. The van der Waals surface area contributed by atoms with Crippen LogP contribution in [0.15, 0.2) is 161 Å². The highest BCUT2D eigenvalue weighted by molar-refractivity contribution is 5.88. The first-order valence-electron chi connectivity index (χ1n) is 22.8. The molecule has 0 amide bonds. The Morgan fingerprint density at radius 1 is 0.563 bits per heavy atom. The minimum absolute atomic E-state index is 0.0282. The molecule has 0 bridgehead atoms. The van der Waals surface area contributed by atoms with Crippen molar-refractivity contribution in [2.24, 2.45) is 0 Å². The highest BCUT2D eigenvalue weighted by Gasteiger charge is 2.54. The van der Waals surface area contributed by atoms with Crippen LogP contribution in [-0.2, 0) is 61.9 Å². The van der Waals surface area contributed by atoms with Crippen molar-refractivity contribution < 1.29 is 66.2 Å². The lowest BCUT2D eigenvalue weighted by Crippen LogP contribution is -2.60. The number of rotatable bonds is 15. The summed E-state index contributed by atoms with van der Waals surface area (Å²) in [5, 5.41) is -0.0486. The Kier molecular flexibility index (Phi) is 13.9. The standard InChI is InChI=1S/C56H48O15/c1-33(57)62-32-47-52(65-34(2)58)54(66-35(3)59)55(67-36(4)60)53(69-47)49-50(61)48-45(64-31-38-19-11-6-12-20-38)28-42(63-30-37-17-9-5-10-18-37)29-46(48)68-51(49)39-25-26-43-44(27-39)71-56(70-43,40-21-13-7-14-22-40)41-23-15-8-16-24-41/h5-29,47,52-55H,30-32H2,1-4H3/t47-,52+,53?,54+,55+/m1/s1. The molecule has 15 heteroatoms. The van der Waals surface area contributed by atoms with Crippen molar-refractivity contribution in [3.8, 4) is 34.3 Å². The Hall–Kier alpha value is -8.43. The van der Waals surface area contributed by atoms with E-state index in [9.17, 15) is 19.2 Å². The molecule has 0 radical (unpaired) electrons. The number of carbonyl (C=O) groups excluding carboxylic acids is 4. The van der Waals surface area contributed by atoms with E-state index in [1.54, 1.807) is 30.3 Å². The molecule has 1 fully saturated rings. The van der Waals surface area contributed by atoms with Crippen LogP contribution in [0.5, 0.6) is 23.0 Å². The minimum Gasteiger partial charge on any atom is -0.489 e. The van der Waals surface area contributed by atoms with Crippen LogP contribution in [0.1, 0.15) is 61.6 Å². The Morgan fingerprint density at radius 3 is 1.68 bits per heavy atom. The molecular formula is C56H48O15. The monoisotopic (exact) mass is 960 g/mol. The van der Waals surface area contributed by atoms with E-state index in [1.165, 1.54) is 6.92 Å². The van der Waals surface area contributed by atoms with Gasteiger partial charge in [-0.2, -0.15) is 0 Å². The molecule has 0 N–H and O–H groups in total. The molecule has 1 saturated heterocycles. The van der Waals surface area contributed by atoms with Crippen molar-refractivity contribution in [2.45, 2.75) is 77.2 Å². The van der Waals surface area contributed by atoms with Crippen LogP contribution in [0.25, 0.3) is 22.3 Å². The number of carbonyl (C=O) groups is 4. The molecule has 0 saturated carbocycles. The summed E-state index contributed by atoms with van der Waals surface area (Å²) in [7, 11) is 0. The molecule has 3 heterocycles. The third-order valence-corrected chi connectivity index (χ3v) is 11.7. The zero-order chi connectivity index (χ0) is 49.6. The maximum Gasteiger partial charge on any atom is 0.305 e. The quantitative estimate of drug-likeness (QED) is 0.0700. The Balaban J connectivity index is 1.28. The molecule has 5 atom stereocenters. The minimum atomic E-state index is -1.67. The summed E-state index contributed by atoms with van der Waals surface area (Å²) in [6, 6.07) is 45.8. The van der Waals surface area contributed by atoms with Crippen molar-refractivity contribution in [3.63, 3.8) is 0 Å². The van der Waals surface area contributed by atoms with Gasteiger partial charge in [0.25, 0.3) is 0 Å². The van der Waals surface area contributed by atoms with Gasteiger partial charge in [-0.25, -0.2) is 0 Å². The summed E-state index contributed by atoms with van der Waals surface area (Å²) in [4.78, 5) is 67.0. The summed E-state index contributed by atoms with van der Waals surface area (Å²) in [6.45, 7) is 4.17. The molecule has 9 rings (SSSR count). The van der Waals surface area contributed by atoms with E-state index in [0.717, 1.165) is 31.9 Å². The van der Waals surface area contributed by atoms with E-state index in [1.807, 2.05) is 121 Å². The average molecular weight is 961 g/mol. The zero-order valence-electron chi connectivity index (χ0n) is 39.1. The number of ether oxygens (including phenoxy) is 9. The van der Waals surface area contributed by atoms with Crippen LogP contribution in [0, 0.1) is 0 Å². The van der Waals surface area contributed by atoms with Gasteiger partial charge in [0, 0.05) is 56.5 Å². The number of hydrogen-bond acceptors (Lipinski definition) is 15. The van der Waals surface area contributed by atoms with E-state index in [4.69, 9.17) is 47.0 Å². The third-order valence-electron chi connectivity index (χ3n) is 11.7. The van der Waals surface area contributed by atoms with Gasteiger partial charge in [0.2, 0.25) is 5.43 Å². The normalized spacial score (nSPS) is 18.7. The smallest absolute Gasteiger partial charge is 0.305 e. The van der Waals surface area contributed by atoms with Crippen LogP contribution in [-0.4, -0.2) is 54.9 Å². The van der Waals surface area contributed by atoms with Gasteiger partial charge in [0.15, 0.2) is 29.8 Å². The first-order chi connectivity index (χ1) is 34.4. The highest BCUT2D eigenvalue weighted by Crippen LogP contribution is 2.50. The van der Waals surface area contributed by atoms with Crippen molar-refractivity contribution in [2.75, 3.05) is 6.61 Å². The van der Waals surface area contributed by atoms with E-state index < -0.39 is 72.2 Å². The van der Waals surface area contributed by atoms with Crippen molar-refractivity contribution in [1.82, 2.24) is 0 Å². The van der Waals surface area contributed by atoms with Crippen LogP contribution in [0.3, 0.4) is 0 Å². The lowest BCUT2D eigenvalue weighted by molar-refractivity contribution is -0.254. The molecule has 6 aromatic carbocycles. The van der Waals surface area contributed by atoms with Gasteiger partial charge >= 0.3 is 29.7 Å². The van der Waals surface area contributed by atoms with Gasteiger partial charge in [0.1, 0.15) is 60.3 Å². The van der Waals surface area contributed by atoms with Crippen molar-refractivity contribution >= 4 is 34.8 Å². The zero-order valence-corrected chi connectivity index (χ0v) is 39.1. The van der Waals surface area contributed by atoms with Crippen molar-refractivity contribution in [3.05, 3.63) is 190 Å². The SMILES string of the molecule is CC(=O)OC[C@H]1OC(c2c(-c3ccc4c(c3)OC(c3ccccc3)(c3ccccc3)O4)oc3cc(OCc4ccccc4)cc(OCc4ccccc4)c3c2=O)[C@H](OC(C)=O)[C@@H](OC(C)=O)[C@H]1OC(C)=O. The van der Waals surface area contributed by atoms with Crippen molar-refractivity contribution in [1.29, 1.82) is 0 Å². The van der Waals surface area contributed by atoms with E-state index in [2.05, 4.69) is 0 Å². The second-order valence-corrected chi connectivity index (χ2v) is 16.9. The Bertz CT molecular complexity index is 3080. The van der Waals surface area contributed by atoms with Gasteiger partial charge in [0.05, 0.1) is 5.56 Å². The predicted octanol–water partition coefficient (Wildman–Crippen LogP) is 9.09. The summed E-state index contributed by atoms with van der Waals surface area (Å²) >= 11 is 0. The second kappa shape index (κ2) is 20.7. The van der Waals surface area contributed by atoms with Gasteiger partial charge in [-0.15, -0.1) is 0 Å². The fraction of sp³-hybridized carbons (Fsp3) is 0.232. The second-order valence-electron chi connectivity index (χ2n) is 16.9. The molecule has 0 spiro atoms. The molecule has 2 aliphatic heterocycles. The Morgan fingerprint density at radius 2 is 1.10 bits per heavy atom. The topological polar surface area (TPSA) is 182 Å². The van der Waals surface area contributed by atoms with Gasteiger partial charge < -0.3 is 47.0 Å². The molecule has 2 aliphatic rings. The van der Waals surface area contributed by atoms with Crippen LogP contribution in [0.4, 0.5) is 0 Å². The lowest BCUT2D eigenvalue weighted by atomic mass is 9.88. The number of hydrogen-bond donors (Lipinski definition) is 0. The molecule has 71 heavy (non-hydrogen) atoms. The molecule has 1 unspecified atom stereocenters. The van der Waals surface area contributed by atoms with E-state index in [-0.39, 0.29) is 52.6 Å². The van der Waals surface area contributed by atoms with E-state index >= 15 is 4.79 Å². The summed E-state index contributed by atoms with van der Waals surface area (Å²) in [5.41, 5.74) is 2.44. The van der Waals surface area contributed by atoms with Crippen LogP contribution >= 0.6 is 0 Å². The molecule has 1 aromatic heterocycles. The first kappa shape index (κ1) is 47.6. The molecule has 362 valence electrons.